The van der Waals surface area contributed by atoms with E-state index in [0.29, 0.717) is 17.8 Å². The second kappa shape index (κ2) is 9.47. The van der Waals surface area contributed by atoms with Gasteiger partial charge in [-0.25, -0.2) is 0 Å². The molecule has 0 unspecified atom stereocenters. The lowest BCUT2D eigenvalue weighted by Crippen LogP contribution is -2.24. The molecule has 0 aliphatic rings. The SMILES string of the molecule is CCCCNC(=O)c1ccc(NC(=O)Cc2ccc(OC)cc2)cc1. The van der Waals surface area contributed by atoms with Gasteiger partial charge in [-0.2, -0.15) is 0 Å². The van der Waals surface area contributed by atoms with E-state index in [-0.39, 0.29) is 18.2 Å². The highest BCUT2D eigenvalue weighted by Gasteiger charge is 2.07. The van der Waals surface area contributed by atoms with Gasteiger partial charge in [-0.05, 0) is 48.4 Å². The molecule has 0 bridgehead atoms. The molecular formula is C20H24N2O3. The maximum absolute atomic E-state index is 12.1. The molecule has 0 fully saturated rings. The summed E-state index contributed by atoms with van der Waals surface area (Å²) in [6, 6.07) is 14.3. The summed E-state index contributed by atoms with van der Waals surface area (Å²) in [5.41, 5.74) is 2.16. The quantitative estimate of drug-likeness (QED) is 0.724. The maximum atomic E-state index is 12.1. The molecule has 0 saturated carbocycles. The van der Waals surface area contributed by atoms with E-state index in [2.05, 4.69) is 17.6 Å². The molecule has 2 aromatic rings. The Balaban J connectivity index is 1.87. The van der Waals surface area contributed by atoms with Crippen molar-refractivity contribution in [2.45, 2.75) is 26.2 Å². The van der Waals surface area contributed by atoms with Crippen molar-refractivity contribution in [1.29, 1.82) is 0 Å². The van der Waals surface area contributed by atoms with Crippen LogP contribution in [0.15, 0.2) is 48.5 Å². The minimum atomic E-state index is -0.106. The standard InChI is InChI=1S/C20H24N2O3/c1-3-4-13-21-20(24)16-7-9-17(10-8-16)22-19(23)14-15-5-11-18(25-2)12-6-15/h5-12H,3-4,13-14H2,1-2H3,(H,21,24)(H,22,23). The van der Waals surface area contributed by atoms with Gasteiger partial charge in [-0.15, -0.1) is 0 Å². The third-order valence-corrected chi connectivity index (χ3v) is 3.77. The van der Waals surface area contributed by atoms with E-state index in [4.69, 9.17) is 4.74 Å². The minimum absolute atomic E-state index is 0.0930. The molecule has 0 aliphatic heterocycles. The number of methoxy groups -OCH3 is 1. The minimum Gasteiger partial charge on any atom is -0.497 e. The fourth-order valence-electron chi connectivity index (χ4n) is 2.32. The lowest BCUT2D eigenvalue weighted by molar-refractivity contribution is -0.115. The predicted octanol–water partition coefficient (Wildman–Crippen LogP) is 3.41. The number of benzene rings is 2. The van der Waals surface area contributed by atoms with Crippen LogP contribution in [0.3, 0.4) is 0 Å². The number of rotatable bonds is 8. The van der Waals surface area contributed by atoms with Crippen molar-refractivity contribution in [2.24, 2.45) is 0 Å². The zero-order valence-corrected chi connectivity index (χ0v) is 14.7. The highest BCUT2D eigenvalue weighted by molar-refractivity contribution is 5.96. The smallest absolute Gasteiger partial charge is 0.251 e. The van der Waals surface area contributed by atoms with E-state index in [1.165, 1.54) is 0 Å². The molecular weight excluding hydrogens is 316 g/mol. The summed E-state index contributed by atoms with van der Waals surface area (Å²) in [6.07, 6.45) is 2.29. The predicted molar refractivity (Wildman–Crippen MR) is 99.0 cm³/mol. The van der Waals surface area contributed by atoms with Gasteiger partial charge in [0.05, 0.1) is 13.5 Å². The van der Waals surface area contributed by atoms with Crippen LogP contribution in [-0.4, -0.2) is 25.5 Å². The molecule has 2 aromatic carbocycles. The number of unbranched alkanes of at least 4 members (excludes halogenated alkanes) is 1. The number of carbonyl (C=O) groups is 2. The van der Waals surface area contributed by atoms with Gasteiger partial charge >= 0.3 is 0 Å². The molecule has 132 valence electrons. The largest absolute Gasteiger partial charge is 0.497 e. The lowest BCUT2D eigenvalue weighted by atomic mass is 10.1. The summed E-state index contributed by atoms with van der Waals surface area (Å²) in [5.74, 6) is 0.562. The first-order chi connectivity index (χ1) is 12.1. The van der Waals surface area contributed by atoms with Crippen LogP contribution in [-0.2, 0) is 11.2 Å². The maximum Gasteiger partial charge on any atom is 0.251 e. The van der Waals surface area contributed by atoms with Gasteiger partial charge in [0.25, 0.3) is 5.91 Å². The molecule has 0 aliphatic carbocycles. The van der Waals surface area contributed by atoms with Crippen molar-refractivity contribution >= 4 is 17.5 Å². The summed E-state index contributed by atoms with van der Waals surface area (Å²) >= 11 is 0. The van der Waals surface area contributed by atoms with Crippen LogP contribution < -0.4 is 15.4 Å². The molecule has 25 heavy (non-hydrogen) atoms. The van der Waals surface area contributed by atoms with Gasteiger partial charge in [0.1, 0.15) is 5.75 Å². The van der Waals surface area contributed by atoms with E-state index < -0.39 is 0 Å². The number of amides is 2. The molecule has 0 aromatic heterocycles. The fourth-order valence-corrected chi connectivity index (χ4v) is 2.32. The van der Waals surface area contributed by atoms with Gasteiger partial charge in [0.2, 0.25) is 5.91 Å². The van der Waals surface area contributed by atoms with Gasteiger partial charge in [0, 0.05) is 17.8 Å². The third kappa shape index (κ3) is 5.95. The van der Waals surface area contributed by atoms with Gasteiger partial charge in [-0.1, -0.05) is 25.5 Å². The number of nitrogens with one attached hydrogen (secondary N) is 2. The summed E-state index contributed by atoms with van der Waals surface area (Å²) in [4.78, 5) is 24.0. The normalized spacial score (nSPS) is 10.2. The number of carbonyl (C=O) groups excluding carboxylic acids is 2. The number of hydrogen-bond acceptors (Lipinski definition) is 3. The van der Waals surface area contributed by atoms with Crippen molar-refractivity contribution in [1.82, 2.24) is 5.32 Å². The Kier molecular flexibility index (Phi) is 7.01. The van der Waals surface area contributed by atoms with E-state index in [1.807, 2.05) is 24.3 Å². The van der Waals surface area contributed by atoms with Crippen LogP contribution in [0, 0.1) is 0 Å². The van der Waals surface area contributed by atoms with E-state index in [9.17, 15) is 9.59 Å². The summed E-state index contributed by atoms with van der Waals surface area (Å²) in [6.45, 7) is 2.76. The molecule has 0 heterocycles. The van der Waals surface area contributed by atoms with Crippen LogP contribution in [0.1, 0.15) is 35.7 Å². The van der Waals surface area contributed by atoms with Crippen molar-refractivity contribution in [3.05, 3.63) is 59.7 Å². The Morgan fingerprint density at radius 2 is 1.68 bits per heavy atom. The van der Waals surface area contributed by atoms with E-state index in [1.54, 1.807) is 31.4 Å². The van der Waals surface area contributed by atoms with Crippen LogP contribution in [0.5, 0.6) is 5.75 Å². The lowest BCUT2D eigenvalue weighted by Gasteiger charge is -2.08. The molecule has 2 rings (SSSR count). The molecule has 5 heteroatoms. The van der Waals surface area contributed by atoms with E-state index >= 15 is 0 Å². The summed E-state index contributed by atoms with van der Waals surface area (Å²) < 4.78 is 5.10. The Labute approximate surface area is 148 Å². The first-order valence-corrected chi connectivity index (χ1v) is 8.43. The van der Waals surface area contributed by atoms with Crippen LogP contribution in [0.4, 0.5) is 5.69 Å². The van der Waals surface area contributed by atoms with E-state index in [0.717, 1.165) is 24.2 Å². The van der Waals surface area contributed by atoms with Gasteiger partial charge in [-0.3, -0.25) is 9.59 Å². The Morgan fingerprint density at radius 3 is 2.28 bits per heavy atom. The molecule has 0 radical (unpaired) electrons. The van der Waals surface area contributed by atoms with Crippen molar-refractivity contribution < 1.29 is 14.3 Å². The summed E-state index contributed by atoms with van der Waals surface area (Å²) in [5, 5.41) is 5.70. The number of ether oxygens (including phenoxy) is 1. The topological polar surface area (TPSA) is 67.4 Å². The second-order valence-electron chi connectivity index (χ2n) is 5.76. The zero-order valence-electron chi connectivity index (χ0n) is 14.7. The first kappa shape index (κ1) is 18.5. The average molecular weight is 340 g/mol. The van der Waals surface area contributed by atoms with Crippen molar-refractivity contribution in [2.75, 3.05) is 19.0 Å². The fraction of sp³-hybridized carbons (Fsp3) is 0.300. The van der Waals surface area contributed by atoms with Crippen molar-refractivity contribution in [3.8, 4) is 5.75 Å². The highest BCUT2D eigenvalue weighted by Crippen LogP contribution is 2.13. The van der Waals surface area contributed by atoms with Crippen LogP contribution in [0.25, 0.3) is 0 Å². The first-order valence-electron chi connectivity index (χ1n) is 8.43. The summed E-state index contributed by atoms with van der Waals surface area (Å²) in [7, 11) is 1.61. The van der Waals surface area contributed by atoms with Crippen molar-refractivity contribution in [3.63, 3.8) is 0 Å². The third-order valence-electron chi connectivity index (χ3n) is 3.77. The molecule has 2 amide bonds. The van der Waals surface area contributed by atoms with Crippen LogP contribution in [0.2, 0.25) is 0 Å². The highest BCUT2D eigenvalue weighted by atomic mass is 16.5. The molecule has 0 atom stereocenters. The molecule has 0 spiro atoms. The number of anilines is 1. The number of hydrogen-bond donors (Lipinski definition) is 2. The Bertz CT molecular complexity index is 694. The van der Waals surface area contributed by atoms with Gasteiger partial charge in [0.15, 0.2) is 0 Å². The second-order valence-corrected chi connectivity index (χ2v) is 5.76. The average Bonchev–Trinajstić information content (AvgIpc) is 2.63. The Morgan fingerprint density at radius 1 is 1.00 bits per heavy atom. The van der Waals surface area contributed by atoms with Gasteiger partial charge < -0.3 is 15.4 Å². The zero-order chi connectivity index (χ0) is 18.1. The molecule has 2 N–H and O–H groups in total. The molecule has 5 nitrogen and oxygen atoms in total. The monoisotopic (exact) mass is 340 g/mol. The van der Waals surface area contributed by atoms with Crippen LogP contribution >= 0.6 is 0 Å². The Hall–Kier alpha value is -2.82. The molecule has 0 saturated heterocycles.